The quantitative estimate of drug-likeness (QED) is 0.833. The summed E-state index contributed by atoms with van der Waals surface area (Å²) in [5, 5.41) is 3.66. The number of nitrogens with zero attached hydrogens (tertiary/aromatic N) is 1. The van der Waals surface area contributed by atoms with Crippen LogP contribution in [0.1, 0.15) is 44.9 Å². The number of hydrogen-bond donors (Lipinski definition) is 1. The number of amides is 1. The first-order valence-corrected chi connectivity index (χ1v) is 8.34. The van der Waals surface area contributed by atoms with Gasteiger partial charge in [0.1, 0.15) is 0 Å². The minimum absolute atomic E-state index is 0.308. The second kappa shape index (κ2) is 4.99. The lowest BCUT2D eigenvalue weighted by molar-refractivity contribution is -0.131. The second-order valence-electron chi connectivity index (χ2n) is 7.55. The maximum Gasteiger partial charge on any atom is 0.222 e. The third-order valence-electron chi connectivity index (χ3n) is 6.01. The van der Waals surface area contributed by atoms with Gasteiger partial charge in [0.2, 0.25) is 5.91 Å². The molecule has 0 aliphatic carbocycles. The Morgan fingerprint density at radius 3 is 2.75 bits per heavy atom. The minimum atomic E-state index is 0.308. The van der Waals surface area contributed by atoms with E-state index in [1.165, 1.54) is 25.7 Å². The second-order valence-corrected chi connectivity index (χ2v) is 7.55. The number of likely N-dealkylation sites (tertiary alicyclic amines) is 1. The lowest BCUT2D eigenvalue weighted by Crippen LogP contribution is -2.40. The first kappa shape index (κ1) is 13.1. The number of hydrogen-bond acceptors (Lipinski definition) is 3. The summed E-state index contributed by atoms with van der Waals surface area (Å²) in [5.41, 5.74) is 0.308. The van der Waals surface area contributed by atoms with E-state index in [9.17, 15) is 4.79 Å². The van der Waals surface area contributed by atoms with E-state index in [2.05, 4.69) is 10.2 Å². The van der Waals surface area contributed by atoms with Crippen molar-refractivity contribution in [1.82, 2.24) is 10.2 Å². The molecule has 0 aromatic heterocycles. The molecule has 1 spiro atoms. The van der Waals surface area contributed by atoms with Crippen LogP contribution in [0.25, 0.3) is 0 Å². The van der Waals surface area contributed by atoms with Crippen LogP contribution in [-0.2, 0) is 9.53 Å². The van der Waals surface area contributed by atoms with E-state index in [1.807, 2.05) is 0 Å². The molecule has 3 unspecified atom stereocenters. The van der Waals surface area contributed by atoms with E-state index in [-0.39, 0.29) is 0 Å². The van der Waals surface area contributed by atoms with Gasteiger partial charge in [-0.2, -0.15) is 0 Å². The Morgan fingerprint density at radius 2 is 2.05 bits per heavy atom. The third-order valence-corrected chi connectivity index (χ3v) is 6.01. The van der Waals surface area contributed by atoms with Gasteiger partial charge in [0.25, 0.3) is 0 Å². The zero-order valence-electron chi connectivity index (χ0n) is 12.3. The summed E-state index contributed by atoms with van der Waals surface area (Å²) < 4.78 is 5.55. The molecule has 0 radical (unpaired) electrons. The van der Waals surface area contributed by atoms with Crippen LogP contribution in [0, 0.1) is 11.3 Å². The van der Waals surface area contributed by atoms with E-state index in [1.54, 1.807) is 0 Å². The van der Waals surface area contributed by atoms with Gasteiger partial charge in [-0.3, -0.25) is 4.79 Å². The lowest BCUT2D eigenvalue weighted by Gasteiger charge is -2.30. The van der Waals surface area contributed by atoms with Crippen LogP contribution in [0.2, 0.25) is 0 Å². The molecule has 0 aromatic carbocycles. The molecule has 1 N–H and O–H groups in total. The number of carbonyl (C=O) groups is 1. The van der Waals surface area contributed by atoms with E-state index in [0.717, 1.165) is 45.6 Å². The van der Waals surface area contributed by atoms with Crippen molar-refractivity contribution in [3.63, 3.8) is 0 Å². The fourth-order valence-electron chi connectivity index (χ4n) is 4.84. The molecule has 4 aliphatic heterocycles. The SMILES string of the molecule is O=C(CC1CC2CCC(C1)N2)N1CCC2(CCOC2)C1. The van der Waals surface area contributed by atoms with Crippen LogP contribution in [0.15, 0.2) is 0 Å². The highest BCUT2D eigenvalue weighted by atomic mass is 16.5. The molecular weight excluding hydrogens is 252 g/mol. The highest BCUT2D eigenvalue weighted by Gasteiger charge is 2.43. The predicted octanol–water partition coefficient (Wildman–Crippen LogP) is 1.55. The summed E-state index contributed by atoms with van der Waals surface area (Å²) in [6.07, 6.45) is 8.14. The van der Waals surface area contributed by atoms with Crippen molar-refractivity contribution in [2.24, 2.45) is 11.3 Å². The predicted molar refractivity (Wildman–Crippen MR) is 76.4 cm³/mol. The number of carbonyl (C=O) groups excluding carboxylic acids is 1. The summed E-state index contributed by atoms with van der Waals surface area (Å²) in [6.45, 7) is 3.66. The van der Waals surface area contributed by atoms with Crippen molar-refractivity contribution >= 4 is 5.91 Å². The van der Waals surface area contributed by atoms with Crippen LogP contribution in [0.3, 0.4) is 0 Å². The summed E-state index contributed by atoms with van der Waals surface area (Å²) >= 11 is 0. The lowest BCUT2D eigenvalue weighted by atomic mass is 9.86. The molecule has 4 heteroatoms. The van der Waals surface area contributed by atoms with Gasteiger partial charge >= 0.3 is 0 Å². The summed E-state index contributed by atoms with van der Waals surface area (Å²) in [4.78, 5) is 14.7. The molecule has 0 saturated carbocycles. The smallest absolute Gasteiger partial charge is 0.222 e. The zero-order valence-corrected chi connectivity index (χ0v) is 12.3. The molecule has 1 amide bonds. The topological polar surface area (TPSA) is 41.6 Å². The van der Waals surface area contributed by atoms with Gasteiger partial charge in [0.05, 0.1) is 6.61 Å². The monoisotopic (exact) mass is 278 g/mol. The highest BCUT2D eigenvalue weighted by Crippen LogP contribution is 2.39. The van der Waals surface area contributed by atoms with Crippen molar-refractivity contribution in [2.45, 2.75) is 57.0 Å². The first-order chi connectivity index (χ1) is 9.72. The maximum absolute atomic E-state index is 12.6. The molecule has 4 aliphatic rings. The maximum atomic E-state index is 12.6. The number of piperidine rings is 1. The molecule has 0 aromatic rings. The van der Waals surface area contributed by atoms with Gasteiger partial charge in [-0.1, -0.05) is 0 Å². The Kier molecular flexibility index (Phi) is 3.26. The van der Waals surface area contributed by atoms with Crippen LogP contribution < -0.4 is 5.32 Å². The Labute approximate surface area is 121 Å². The fourth-order valence-corrected chi connectivity index (χ4v) is 4.84. The Bertz CT molecular complexity index is 380. The fraction of sp³-hybridized carbons (Fsp3) is 0.938. The van der Waals surface area contributed by atoms with Gasteiger partial charge in [-0.15, -0.1) is 0 Å². The van der Waals surface area contributed by atoms with Gasteiger partial charge in [-0.05, 0) is 44.4 Å². The molecule has 3 atom stereocenters. The minimum Gasteiger partial charge on any atom is -0.381 e. The van der Waals surface area contributed by atoms with E-state index < -0.39 is 0 Å². The molecule has 4 rings (SSSR count). The summed E-state index contributed by atoms with van der Waals surface area (Å²) in [5.74, 6) is 1.03. The van der Waals surface area contributed by atoms with Crippen LogP contribution in [0.5, 0.6) is 0 Å². The number of nitrogens with one attached hydrogen (secondary N) is 1. The normalized spacial score (nSPS) is 43.6. The molecule has 4 heterocycles. The molecule has 2 bridgehead atoms. The van der Waals surface area contributed by atoms with E-state index in [0.29, 0.717) is 29.3 Å². The third kappa shape index (κ3) is 2.37. The Balaban J connectivity index is 1.32. The number of rotatable bonds is 2. The van der Waals surface area contributed by atoms with Crippen molar-refractivity contribution in [1.29, 1.82) is 0 Å². The van der Waals surface area contributed by atoms with E-state index >= 15 is 0 Å². The van der Waals surface area contributed by atoms with Gasteiger partial charge in [0.15, 0.2) is 0 Å². The number of fused-ring (bicyclic) bond motifs is 2. The first-order valence-electron chi connectivity index (χ1n) is 8.34. The molecular formula is C16H26N2O2. The van der Waals surface area contributed by atoms with Crippen molar-refractivity contribution in [2.75, 3.05) is 26.3 Å². The molecule has 20 heavy (non-hydrogen) atoms. The molecule has 112 valence electrons. The average molecular weight is 278 g/mol. The van der Waals surface area contributed by atoms with Gasteiger partial charge in [-0.25, -0.2) is 0 Å². The summed E-state index contributed by atoms with van der Waals surface area (Å²) in [7, 11) is 0. The van der Waals surface area contributed by atoms with E-state index in [4.69, 9.17) is 4.74 Å². The van der Waals surface area contributed by atoms with Crippen LogP contribution >= 0.6 is 0 Å². The van der Waals surface area contributed by atoms with Crippen LogP contribution in [0.4, 0.5) is 0 Å². The van der Waals surface area contributed by atoms with Crippen molar-refractivity contribution < 1.29 is 9.53 Å². The van der Waals surface area contributed by atoms with Crippen LogP contribution in [-0.4, -0.2) is 49.2 Å². The standard InChI is InChI=1S/C16H26N2O2/c19-15(9-12-7-13-1-2-14(8-12)17-13)18-5-3-16(10-18)4-6-20-11-16/h12-14,17H,1-11H2. The largest absolute Gasteiger partial charge is 0.381 e. The molecule has 4 saturated heterocycles. The highest BCUT2D eigenvalue weighted by molar-refractivity contribution is 5.76. The summed E-state index contributed by atoms with van der Waals surface area (Å²) in [6, 6.07) is 1.39. The Morgan fingerprint density at radius 1 is 1.25 bits per heavy atom. The van der Waals surface area contributed by atoms with Gasteiger partial charge in [0, 0.05) is 43.6 Å². The Hall–Kier alpha value is -0.610. The van der Waals surface area contributed by atoms with Crippen molar-refractivity contribution in [3.8, 4) is 0 Å². The molecule has 4 nitrogen and oxygen atoms in total. The zero-order chi connectivity index (χ0) is 13.6. The average Bonchev–Trinajstić information content (AvgIpc) is 3.14. The van der Waals surface area contributed by atoms with Gasteiger partial charge < -0.3 is 15.0 Å². The molecule has 4 fully saturated rings. The number of ether oxygens (including phenoxy) is 1. The van der Waals surface area contributed by atoms with Crippen molar-refractivity contribution in [3.05, 3.63) is 0 Å².